The Balaban J connectivity index is 2.65. The lowest BCUT2D eigenvalue weighted by atomic mass is 10.1. The van der Waals surface area contributed by atoms with Crippen molar-refractivity contribution in [2.75, 3.05) is 0 Å². The first kappa shape index (κ1) is 15.6. The van der Waals surface area contributed by atoms with Gasteiger partial charge in [0.25, 0.3) is 0 Å². The molecule has 0 saturated heterocycles. The van der Waals surface area contributed by atoms with Gasteiger partial charge in [0, 0.05) is 5.56 Å². The molecule has 7 heteroatoms. The maximum Gasteiger partial charge on any atom is 0.388 e. The van der Waals surface area contributed by atoms with E-state index in [1.165, 1.54) is 10.7 Å². The molecular formula is C14H15ClF2N2O2. The molecule has 0 radical (unpaired) electrons. The second-order valence-corrected chi connectivity index (χ2v) is 5.82. The third-order valence-electron chi connectivity index (χ3n) is 2.78. The number of phenolic OH excluding ortho intramolecular Hbond substituents is 1. The Hall–Kier alpha value is -1.82. The Morgan fingerprint density at radius 2 is 1.90 bits per heavy atom. The van der Waals surface area contributed by atoms with Crippen LogP contribution in [0.25, 0.3) is 11.3 Å². The molecule has 1 heterocycles. The minimum atomic E-state index is -3.02. The molecule has 1 N–H and O–H groups in total. The fourth-order valence-corrected chi connectivity index (χ4v) is 2.13. The van der Waals surface area contributed by atoms with E-state index >= 15 is 0 Å². The zero-order valence-corrected chi connectivity index (χ0v) is 12.5. The summed E-state index contributed by atoms with van der Waals surface area (Å²) in [6.07, 6.45) is 0. The van der Waals surface area contributed by atoms with Gasteiger partial charge in [-0.05, 0) is 32.9 Å². The summed E-state index contributed by atoms with van der Waals surface area (Å²) in [7, 11) is 0. The molecule has 0 unspecified atom stereocenters. The number of alkyl halides is 2. The van der Waals surface area contributed by atoms with Crippen molar-refractivity contribution in [3.8, 4) is 22.9 Å². The molecule has 1 aromatic heterocycles. The molecule has 0 aliphatic heterocycles. The molecule has 0 spiro atoms. The number of para-hydroxylation sites is 1. The van der Waals surface area contributed by atoms with Gasteiger partial charge in [-0.25, -0.2) is 4.68 Å². The van der Waals surface area contributed by atoms with Crippen LogP contribution >= 0.6 is 11.6 Å². The molecule has 1 aromatic carbocycles. The fraction of sp³-hybridized carbons (Fsp3) is 0.357. The van der Waals surface area contributed by atoms with E-state index in [0.29, 0.717) is 5.56 Å². The van der Waals surface area contributed by atoms with Gasteiger partial charge >= 0.3 is 6.61 Å². The van der Waals surface area contributed by atoms with E-state index < -0.39 is 12.2 Å². The summed E-state index contributed by atoms with van der Waals surface area (Å²) in [5.41, 5.74) is -0.0683. The van der Waals surface area contributed by atoms with Gasteiger partial charge in [-0.1, -0.05) is 23.7 Å². The maximum atomic E-state index is 12.6. The zero-order valence-electron chi connectivity index (χ0n) is 11.8. The number of phenols is 1. The first-order chi connectivity index (χ1) is 9.71. The molecule has 0 atom stereocenters. The molecule has 114 valence electrons. The van der Waals surface area contributed by atoms with Crippen LogP contribution in [0.2, 0.25) is 5.02 Å². The van der Waals surface area contributed by atoms with E-state index in [2.05, 4.69) is 9.84 Å². The lowest BCUT2D eigenvalue weighted by Gasteiger charge is -2.21. The quantitative estimate of drug-likeness (QED) is 0.920. The number of aromatic hydroxyl groups is 1. The predicted octanol–water partition coefficient (Wildman–Crippen LogP) is 4.27. The van der Waals surface area contributed by atoms with E-state index in [0.717, 1.165) is 0 Å². The van der Waals surface area contributed by atoms with E-state index in [1.807, 2.05) is 0 Å². The number of ether oxygens (including phenoxy) is 1. The molecule has 21 heavy (non-hydrogen) atoms. The summed E-state index contributed by atoms with van der Waals surface area (Å²) in [5.74, 6) is -0.265. The lowest BCUT2D eigenvalue weighted by Crippen LogP contribution is -2.25. The standard InChI is InChI=1S/C14H15ClF2N2O2/c1-14(2,3)19-12(21-13(16)17)10(15)11(18-19)8-6-4-5-7-9(8)20/h4-7,13,20H,1-3H3. The highest BCUT2D eigenvalue weighted by atomic mass is 35.5. The molecular weight excluding hydrogens is 302 g/mol. The molecule has 2 aromatic rings. The average Bonchev–Trinajstić information content (AvgIpc) is 2.67. The molecule has 0 fully saturated rings. The monoisotopic (exact) mass is 316 g/mol. The van der Waals surface area contributed by atoms with Gasteiger partial charge in [0.1, 0.15) is 16.5 Å². The van der Waals surface area contributed by atoms with Gasteiger partial charge in [0.05, 0.1) is 5.54 Å². The number of aromatic nitrogens is 2. The van der Waals surface area contributed by atoms with Crippen molar-refractivity contribution in [2.45, 2.75) is 32.9 Å². The average molecular weight is 317 g/mol. The van der Waals surface area contributed by atoms with Crippen molar-refractivity contribution in [3.05, 3.63) is 29.3 Å². The van der Waals surface area contributed by atoms with Gasteiger partial charge in [-0.3, -0.25) is 0 Å². The highest BCUT2D eigenvalue weighted by molar-refractivity contribution is 6.34. The van der Waals surface area contributed by atoms with Crippen molar-refractivity contribution in [2.24, 2.45) is 0 Å². The largest absolute Gasteiger partial charge is 0.507 e. The van der Waals surface area contributed by atoms with Gasteiger partial charge in [0.2, 0.25) is 5.88 Å². The highest BCUT2D eigenvalue weighted by Crippen LogP contribution is 2.41. The summed E-state index contributed by atoms with van der Waals surface area (Å²) in [5, 5.41) is 14.0. The van der Waals surface area contributed by atoms with Crippen LogP contribution in [0.15, 0.2) is 24.3 Å². The van der Waals surface area contributed by atoms with Crippen LogP contribution in [0.5, 0.6) is 11.6 Å². The number of hydrogen-bond acceptors (Lipinski definition) is 3. The Morgan fingerprint density at radius 3 is 2.43 bits per heavy atom. The van der Waals surface area contributed by atoms with Crippen molar-refractivity contribution in [1.82, 2.24) is 9.78 Å². The molecule has 0 saturated carbocycles. The second-order valence-electron chi connectivity index (χ2n) is 5.45. The Morgan fingerprint density at radius 1 is 1.29 bits per heavy atom. The van der Waals surface area contributed by atoms with E-state index in [-0.39, 0.29) is 22.3 Å². The molecule has 0 aliphatic carbocycles. The van der Waals surface area contributed by atoms with Crippen molar-refractivity contribution < 1.29 is 18.6 Å². The van der Waals surface area contributed by atoms with Crippen LogP contribution in [0.1, 0.15) is 20.8 Å². The summed E-state index contributed by atoms with van der Waals surface area (Å²) < 4.78 is 31.0. The highest BCUT2D eigenvalue weighted by Gasteiger charge is 2.28. The van der Waals surface area contributed by atoms with E-state index in [9.17, 15) is 13.9 Å². The summed E-state index contributed by atoms with van der Waals surface area (Å²) in [6, 6.07) is 6.40. The number of hydrogen-bond donors (Lipinski definition) is 1. The van der Waals surface area contributed by atoms with Crippen LogP contribution < -0.4 is 4.74 Å². The number of nitrogens with zero attached hydrogens (tertiary/aromatic N) is 2. The van der Waals surface area contributed by atoms with Crippen molar-refractivity contribution in [3.63, 3.8) is 0 Å². The Bertz CT molecular complexity index is 651. The lowest BCUT2D eigenvalue weighted by molar-refractivity contribution is -0.0578. The molecule has 0 bridgehead atoms. The van der Waals surface area contributed by atoms with Crippen LogP contribution in [0, 0.1) is 0 Å². The zero-order chi connectivity index (χ0) is 15.8. The first-order valence-corrected chi connectivity index (χ1v) is 6.61. The second kappa shape index (κ2) is 5.52. The fourth-order valence-electron chi connectivity index (χ4n) is 1.87. The summed E-state index contributed by atoms with van der Waals surface area (Å²) in [6.45, 7) is 2.33. The SMILES string of the molecule is CC(C)(C)n1nc(-c2ccccc2O)c(Cl)c1OC(F)F. The smallest absolute Gasteiger partial charge is 0.388 e. The maximum absolute atomic E-state index is 12.6. The summed E-state index contributed by atoms with van der Waals surface area (Å²) >= 11 is 6.13. The van der Waals surface area contributed by atoms with Crippen molar-refractivity contribution >= 4 is 11.6 Å². The third-order valence-corrected chi connectivity index (χ3v) is 3.12. The van der Waals surface area contributed by atoms with Gasteiger partial charge < -0.3 is 9.84 Å². The predicted molar refractivity (Wildman–Crippen MR) is 76.0 cm³/mol. The van der Waals surface area contributed by atoms with E-state index in [4.69, 9.17) is 11.6 Å². The topological polar surface area (TPSA) is 47.3 Å². The van der Waals surface area contributed by atoms with Crippen LogP contribution in [-0.4, -0.2) is 21.5 Å². The molecule has 0 amide bonds. The number of halogens is 3. The van der Waals surface area contributed by atoms with Crippen LogP contribution in [-0.2, 0) is 5.54 Å². The minimum Gasteiger partial charge on any atom is -0.507 e. The normalized spacial score (nSPS) is 12.0. The molecule has 4 nitrogen and oxygen atoms in total. The third kappa shape index (κ3) is 3.10. The number of rotatable bonds is 3. The Labute approximate surface area is 125 Å². The van der Waals surface area contributed by atoms with Gasteiger partial charge in [0.15, 0.2) is 0 Å². The van der Waals surface area contributed by atoms with E-state index in [1.54, 1.807) is 39.0 Å². The molecule has 2 rings (SSSR count). The van der Waals surface area contributed by atoms with Crippen molar-refractivity contribution in [1.29, 1.82) is 0 Å². The van der Waals surface area contributed by atoms with Gasteiger partial charge in [-0.2, -0.15) is 13.9 Å². The van der Waals surface area contributed by atoms with Crippen LogP contribution in [0.3, 0.4) is 0 Å². The molecule has 0 aliphatic rings. The van der Waals surface area contributed by atoms with Gasteiger partial charge in [-0.15, -0.1) is 0 Å². The first-order valence-electron chi connectivity index (χ1n) is 6.24. The summed E-state index contributed by atoms with van der Waals surface area (Å²) in [4.78, 5) is 0. The van der Waals surface area contributed by atoms with Crippen LogP contribution in [0.4, 0.5) is 8.78 Å². The number of benzene rings is 1. The minimum absolute atomic E-state index is 0.0402. The Kier molecular flexibility index (Phi) is 4.09.